The first-order valence-electron chi connectivity index (χ1n) is 11.5. The summed E-state index contributed by atoms with van der Waals surface area (Å²) in [7, 11) is 2.15. The Bertz CT molecular complexity index is 1540. The molecule has 0 saturated carbocycles. The minimum Gasteiger partial charge on any atom is -0.494 e. The number of aromatic hydroxyl groups is 1. The zero-order chi connectivity index (χ0) is 23.2. The number of hydrogen-bond acceptors (Lipinski definition) is 6. The van der Waals surface area contributed by atoms with E-state index in [0.29, 0.717) is 0 Å². The van der Waals surface area contributed by atoms with Crippen LogP contribution >= 0.6 is 0 Å². The molecular formula is C27H26N6O. The van der Waals surface area contributed by atoms with Gasteiger partial charge in [0.2, 0.25) is 0 Å². The number of nitrogens with zero attached hydrogens (tertiary/aromatic N) is 5. The maximum atomic E-state index is 10.5. The van der Waals surface area contributed by atoms with Crippen LogP contribution in [-0.2, 0) is 0 Å². The average molecular weight is 451 g/mol. The van der Waals surface area contributed by atoms with Crippen LogP contribution in [0.4, 0.5) is 11.5 Å². The molecular weight excluding hydrogens is 424 g/mol. The molecule has 34 heavy (non-hydrogen) atoms. The zero-order valence-corrected chi connectivity index (χ0v) is 19.3. The summed E-state index contributed by atoms with van der Waals surface area (Å²) >= 11 is 0. The van der Waals surface area contributed by atoms with E-state index in [1.807, 2.05) is 49.5 Å². The topological polar surface area (TPSA) is 80.1 Å². The molecule has 2 aromatic heterocycles. The Balaban J connectivity index is 1.34. The normalized spacial score (nSPS) is 16.6. The molecule has 6 rings (SSSR count). The van der Waals surface area contributed by atoms with Gasteiger partial charge in [0.25, 0.3) is 0 Å². The molecule has 1 saturated heterocycles. The number of fused-ring (bicyclic) bond motifs is 2. The standard InChI is InChI=1S/C27H26N6O/c1-17-3-7-23-21(13-17)22(27(34)29-23)14-18-4-6-20-24(15-18)30-31-26(20)19-5-8-25(28-16-19)33-11-9-32(2)10-12-33/h3-8,13-16,29,34H,9-12H2,1-2H3. The molecule has 7 heteroatoms. The number of azo groups is 1. The van der Waals surface area contributed by atoms with Gasteiger partial charge in [0.1, 0.15) is 11.5 Å². The van der Waals surface area contributed by atoms with Crippen LogP contribution in [0.2, 0.25) is 0 Å². The quantitative estimate of drug-likeness (QED) is 0.501. The Morgan fingerprint density at radius 3 is 2.62 bits per heavy atom. The van der Waals surface area contributed by atoms with Crippen LogP contribution in [0, 0.1) is 6.92 Å². The van der Waals surface area contributed by atoms with Crippen LogP contribution in [0.1, 0.15) is 16.7 Å². The summed E-state index contributed by atoms with van der Waals surface area (Å²) in [5, 5.41) is 22.3. The minimum absolute atomic E-state index is 0.168. The molecule has 1 fully saturated rings. The molecule has 0 amide bonds. The van der Waals surface area contributed by atoms with E-state index < -0.39 is 0 Å². The largest absolute Gasteiger partial charge is 0.494 e. The molecule has 4 aromatic rings. The number of anilines is 1. The maximum Gasteiger partial charge on any atom is 0.196 e. The van der Waals surface area contributed by atoms with E-state index in [4.69, 9.17) is 4.98 Å². The number of hydrogen-bond donors (Lipinski definition) is 2. The maximum absolute atomic E-state index is 10.5. The smallest absolute Gasteiger partial charge is 0.196 e. The Hall–Kier alpha value is -3.97. The number of piperazine rings is 1. The summed E-state index contributed by atoms with van der Waals surface area (Å²) in [5.41, 5.74) is 5.46. The number of pyridine rings is 1. The summed E-state index contributed by atoms with van der Waals surface area (Å²) in [6, 6.07) is 16.3. The van der Waals surface area contributed by atoms with Gasteiger partial charge in [-0.1, -0.05) is 17.7 Å². The lowest BCUT2D eigenvalue weighted by Crippen LogP contribution is -2.44. The van der Waals surface area contributed by atoms with Crippen LogP contribution in [0.15, 0.2) is 65.0 Å². The summed E-state index contributed by atoms with van der Waals surface area (Å²) < 4.78 is 0. The molecule has 2 aromatic carbocycles. The van der Waals surface area contributed by atoms with Crippen LogP contribution in [0.25, 0.3) is 22.7 Å². The molecule has 0 spiro atoms. The third-order valence-electron chi connectivity index (χ3n) is 6.67. The molecule has 0 aliphatic carbocycles. The summed E-state index contributed by atoms with van der Waals surface area (Å²) in [4.78, 5) is 12.4. The molecule has 2 aliphatic rings. The summed E-state index contributed by atoms with van der Waals surface area (Å²) in [5.74, 6) is 1.17. The second-order valence-corrected chi connectivity index (χ2v) is 9.10. The minimum atomic E-state index is 0.168. The second kappa shape index (κ2) is 8.11. The molecule has 170 valence electrons. The fourth-order valence-corrected chi connectivity index (χ4v) is 4.67. The van der Waals surface area contributed by atoms with Crippen molar-refractivity contribution in [2.45, 2.75) is 6.92 Å². The van der Waals surface area contributed by atoms with Gasteiger partial charge >= 0.3 is 0 Å². The number of nitrogens with one attached hydrogen (secondary N) is 1. The fraction of sp³-hybridized carbons (Fsp3) is 0.222. The number of aromatic nitrogens is 2. The molecule has 0 unspecified atom stereocenters. The number of rotatable bonds is 3. The second-order valence-electron chi connectivity index (χ2n) is 9.10. The Kier molecular flexibility index (Phi) is 4.92. The van der Waals surface area contributed by atoms with Crippen LogP contribution in [0.5, 0.6) is 5.88 Å². The van der Waals surface area contributed by atoms with E-state index in [0.717, 1.165) is 81.4 Å². The van der Waals surface area contributed by atoms with E-state index >= 15 is 0 Å². The first-order valence-corrected chi connectivity index (χ1v) is 11.5. The first kappa shape index (κ1) is 20.6. The number of H-pyrrole nitrogens is 1. The number of aromatic amines is 1. The summed E-state index contributed by atoms with van der Waals surface area (Å²) in [6.07, 6.45) is 3.87. The number of likely N-dealkylation sites (N-methyl/N-ethyl adjacent to an activating group) is 1. The van der Waals surface area contributed by atoms with Gasteiger partial charge in [0.15, 0.2) is 5.88 Å². The highest BCUT2D eigenvalue weighted by molar-refractivity contribution is 5.92. The van der Waals surface area contributed by atoms with Crippen molar-refractivity contribution in [1.29, 1.82) is 0 Å². The average Bonchev–Trinajstić information content (AvgIpc) is 3.40. The van der Waals surface area contributed by atoms with Gasteiger partial charge in [-0.3, -0.25) is 0 Å². The molecule has 0 bridgehead atoms. The molecule has 2 N–H and O–H groups in total. The van der Waals surface area contributed by atoms with E-state index in [9.17, 15) is 5.11 Å². The monoisotopic (exact) mass is 450 g/mol. The van der Waals surface area contributed by atoms with E-state index in [-0.39, 0.29) is 5.88 Å². The Labute approximate surface area is 197 Å². The van der Waals surface area contributed by atoms with Gasteiger partial charge in [0, 0.05) is 59.6 Å². The third-order valence-corrected chi connectivity index (χ3v) is 6.67. The van der Waals surface area contributed by atoms with Crippen molar-refractivity contribution >= 4 is 34.2 Å². The van der Waals surface area contributed by atoms with Crippen molar-refractivity contribution in [3.8, 4) is 5.88 Å². The zero-order valence-electron chi connectivity index (χ0n) is 19.3. The fourth-order valence-electron chi connectivity index (χ4n) is 4.67. The van der Waals surface area contributed by atoms with Gasteiger partial charge in [-0.25, -0.2) is 4.98 Å². The molecule has 2 aliphatic heterocycles. The van der Waals surface area contributed by atoms with E-state index in [2.05, 4.69) is 50.3 Å². The highest BCUT2D eigenvalue weighted by Crippen LogP contribution is 2.29. The van der Waals surface area contributed by atoms with E-state index in [1.165, 1.54) is 0 Å². The van der Waals surface area contributed by atoms with Crippen LogP contribution in [0.3, 0.4) is 0 Å². The SMILES string of the molecule is Cc1ccc2[nH]c(O)c(C=c3ccc4c(c3)N=NC=4c3ccc(N4CCN(C)CC4)nc3)c2c1. The van der Waals surface area contributed by atoms with Crippen molar-refractivity contribution in [2.75, 3.05) is 38.1 Å². The molecule has 7 nitrogen and oxygen atoms in total. The molecule has 0 atom stereocenters. The van der Waals surface area contributed by atoms with Crippen molar-refractivity contribution in [3.63, 3.8) is 0 Å². The third kappa shape index (κ3) is 3.64. The van der Waals surface area contributed by atoms with Crippen LogP contribution in [-0.4, -0.2) is 53.2 Å². The van der Waals surface area contributed by atoms with Gasteiger partial charge in [-0.05, 0) is 61.7 Å². The van der Waals surface area contributed by atoms with Crippen LogP contribution < -0.4 is 15.3 Å². The summed E-state index contributed by atoms with van der Waals surface area (Å²) in [6.45, 7) is 6.14. The first-order chi connectivity index (χ1) is 16.5. The van der Waals surface area contributed by atoms with Crippen molar-refractivity contribution in [3.05, 3.63) is 81.9 Å². The van der Waals surface area contributed by atoms with Crippen molar-refractivity contribution < 1.29 is 5.11 Å². The highest BCUT2D eigenvalue weighted by atomic mass is 16.3. The number of aryl methyl sites for hydroxylation is 1. The Morgan fingerprint density at radius 1 is 0.971 bits per heavy atom. The van der Waals surface area contributed by atoms with Gasteiger partial charge in [-0.15, -0.1) is 10.2 Å². The lowest BCUT2D eigenvalue weighted by molar-refractivity contribution is 0.312. The highest BCUT2D eigenvalue weighted by Gasteiger charge is 2.17. The van der Waals surface area contributed by atoms with Gasteiger partial charge < -0.3 is 19.9 Å². The number of benzene rings is 2. The lowest BCUT2D eigenvalue weighted by atomic mass is 10.1. The molecule has 0 radical (unpaired) electrons. The predicted octanol–water partition coefficient (Wildman–Crippen LogP) is 3.41. The van der Waals surface area contributed by atoms with Crippen molar-refractivity contribution in [1.82, 2.24) is 14.9 Å². The van der Waals surface area contributed by atoms with Gasteiger partial charge in [0.05, 0.1) is 5.69 Å². The van der Waals surface area contributed by atoms with Gasteiger partial charge in [-0.2, -0.15) is 0 Å². The predicted molar refractivity (Wildman–Crippen MR) is 135 cm³/mol. The Morgan fingerprint density at radius 2 is 1.82 bits per heavy atom. The van der Waals surface area contributed by atoms with E-state index in [1.54, 1.807) is 0 Å². The molecule has 4 heterocycles. The van der Waals surface area contributed by atoms with Crippen molar-refractivity contribution in [2.24, 2.45) is 10.2 Å². The lowest BCUT2D eigenvalue weighted by Gasteiger charge is -2.33.